The number of nitrogens with zero attached hydrogens (tertiary/aromatic N) is 2. The Hall–Kier alpha value is -5.41. The van der Waals surface area contributed by atoms with E-state index in [1.807, 2.05) is 39.0 Å². The maximum absolute atomic E-state index is 8.70. The normalized spacial score (nSPS) is 15.7. The number of benzene rings is 6. The van der Waals surface area contributed by atoms with Crippen LogP contribution in [0.25, 0.3) is 77.1 Å². The smallest absolute Gasteiger partial charge is 0.129 e. The molecule has 0 saturated carbocycles. The van der Waals surface area contributed by atoms with Crippen LogP contribution in [0.1, 0.15) is 55.3 Å². The molecule has 0 fully saturated rings. The monoisotopic (exact) mass is 878 g/mol. The summed E-state index contributed by atoms with van der Waals surface area (Å²) in [5.41, 5.74) is 3.09. The van der Waals surface area contributed by atoms with E-state index in [9.17, 15) is 0 Å². The number of hydrogen-bond donors (Lipinski definition) is 0. The van der Waals surface area contributed by atoms with Gasteiger partial charge in [-0.1, -0.05) is 147 Å². The molecule has 0 atom stereocenters. The molecule has 3 aromatic heterocycles. The molecule has 0 aliphatic heterocycles. The molecule has 0 aliphatic rings. The minimum atomic E-state index is -2.63. The zero-order valence-corrected chi connectivity index (χ0v) is 31.4. The van der Waals surface area contributed by atoms with E-state index < -0.39 is 55.7 Å². The number of pyridine rings is 2. The van der Waals surface area contributed by atoms with Crippen LogP contribution in [0.4, 0.5) is 0 Å². The second-order valence-corrected chi connectivity index (χ2v) is 13.4. The Labute approximate surface area is 343 Å². The number of hydrogen-bond acceptors (Lipinski definition) is 3. The molecule has 0 saturated heterocycles. The van der Waals surface area contributed by atoms with E-state index in [-0.39, 0.29) is 47.9 Å². The van der Waals surface area contributed by atoms with Crippen LogP contribution in [0.5, 0.6) is 0 Å². The van der Waals surface area contributed by atoms with Gasteiger partial charge < -0.3 is 14.4 Å². The summed E-state index contributed by atoms with van der Waals surface area (Å²) in [6.07, 6.45) is 1.34. The van der Waals surface area contributed by atoms with Gasteiger partial charge in [0.1, 0.15) is 5.58 Å². The van der Waals surface area contributed by atoms with Crippen LogP contribution in [0.2, 0.25) is 0 Å². The fraction of sp³-hybridized carbons (Fsp3) is 0.143. The number of aromatic nitrogens is 2. The summed E-state index contributed by atoms with van der Waals surface area (Å²) in [6, 6.07) is 33.0. The molecule has 9 rings (SSSR count). The molecule has 263 valence electrons. The molecule has 0 amide bonds. The molecular weight excluding hydrogens is 825 g/mol. The molecule has 1 radical (unpaired) electrons. The second-order valence-electron chi connectivity index (χ2n) is 13.4. The fourth-order valence-corrected chi connectivity index (χ4v) is 6.34. The third kappa shape index (κ3) is 7.44. The van der Waals surface area contributed by atoms with Gasteiger partial charge in [0.05, 0.1) is 12.4 Å². The van der Waals surface area contributed by atoms with Gasteiger partial charge in [0.25, 0.3) is 0 Å². The first-order chi connectivity index (χ1) is 30.5. The largest absolute Gasteiger partial charge is 0.500 e. The van der Waals surface area contributed by atoms with E-state index in [1.54, 1.807) is 12.3 Å². The first-order valence-electron chi connectivity index (χ1n) is 23.2. The molecular formula is C49H40IrN2O-2. The van der Waals surface area contributed by atoms with Crippen molar-refractivity contribution < 1.29 is 42.3 Å². The van der Waals surface area contributed by atoms with Crippen molar-refractivity contribution in [3.63, 3.8) is 0 Å². The topological polar surface area (TPSA) is 38.9 Å². The van der Waals surface area contributed by atoms with Crippen molar-refractivity contribution in [3.8, 4) is 33.6 Å². The summed E-state index contributed by atoms with van der Waals surface area (Å²) in [4.78, 5) is 8.69. The van der Waals surface area contributed by atoms with E-state index in [0.29, 0.717) is 17.0 Å². The quantitative estimate of drug-likeness (QED) is 0.131. The van der Waals surface area contributed by atoms with Gasteiger partial charge in [-0.15, -0.1) is 47.5 Å². The van der Waals surface area contributed by atoms with Gasteiger partial charge in [0, 0.05) is 54.2 Å². The number of fused-ring (bicyclic) bond motifs is 7. The van der Waals surface area contributed by atoms with Gasteiger partial charge >= 0.3 is 0 Å². The molecule has 0 aliphatic carbocycles. The molecule has 3 heterocycles. The standard InChI is InChI=1S/C30H24NO.C19H16N.Ir/c1-30(2,3)18-19-15-16-31-26(17-19)25-10-6-9-23-24-14-13-21-12-11-20-7-4-5-8-22(20)27(21)29(24)32-28(23)25;1-14-8-11-19(20-13-14)17-10-9-15(2)18(12-17)16-6-4-3-5-7-16;/h4-9,11-17H,18H2,1-3H3;3-9,11-13H,1-2H3;/q2*-1;/i18D2;1D3,2D3,3D,4D,5D,6D,7D;. The van der Waals surface area contributed by atoms with Crippen molar-refractivity contribution in [3.05, 3.63) is 168 Å². The molecule has 3 nitrogen and oxygen atoms in total. The summed E-state index contributed by atoms with van der Waals surface area (Å²) in [7, 11) is 0. The number of aryl methyl sites for hydroxylation is 2. The van der Waals surface area contributed by atoms with E-state index in [2.05, 4.69) is 70.6 Å². The predicted molar refractivity (Wildman–Crippen MR) is 217 cm³/mol. The van der Waals surface area contributed by atoms with Crippen LogP contribution in [0.3, 0.4) is 0 Å². The first-order valence-corrected chi connectivity index (χ1v) is 16.7. The predicted octanol–water partition coefficient (Wildman–Crippen LogP) is 13.2. The fourth-order valence-electron chi connectivity index (χ4n) is 6.34. The Kier molecular flexibility index (Phi) is 6.55. The van der Waals surface area contributed by atoms with Crippen molar-refractivity contribution in [2.75, 3.05) is 0 Å². The van der Waals surface area contributed by atoms with Crippen LogP contribution in [0, 0.1) is 31.3 Å². The van der Waals surface area contributed by atoms with Gasteiger partial charge in [-0.05, 0) is 63.4 Å². The van der Waals surface area contributed by atoms with Crippen molar-refractivity contribution in [2.24, 2.45) is 5.41 Å². The van der Waals surface area contributed by atoms with Crippen molar-refractivity contribution in [2.45, 2.75) is 40.8 Å². The van der Waals surface area contributed by atoms with Crippen LogP contribution < -0.4 is 0 Å². The van der Waals surface area contributed by atoms with E-state index in [4.69, 9.17) is 22.2 Å². The molecule has 0 spiro atoms. The summed E-state index contributed by atoms with van der Waals surface area (Å²) in [5, 5.41) is 6.62. The van der Waals surface area contributed by atoms with Crippen LogP contribution in [-0.2, 0) is 26.5 Å². The van der Waals surface area contributed by atoms with Crippen LogP contribution >= 0.6 is 0 Å². The van der Waals surface area contributed by atoms with Gasteiger partial charge in [-0.2, -0.15) is 0 Å². The van der Waals surface area contributed by atoms with Crippen LogP contribution in [0.15, 0.2) is 144 Å². The molecule has 0 N–H and O–H groups in total. The second kappa shape index (κ2) is 14.9. The molecule has 0 unspecified atom stereocenters. The van der Waals surface area contributed by atoms with Crippen molar-refractivity contribution >= 4 is 43.5 Å². The van der Waals surface area contributed by atoms with Gasteiger partial charge in [0.2, 0.25) is 0 Å². The molecule has 9 aromatic rings. The van der Waals surface area contributed by atoms with E-state index in [1.165, 1.54) is 35.8 Å². The van der Waals surface area contributed by atoms with E-state index >= 15 is 0 Å². The minimum absolute atomic E-state index is 0. The molecule has 6 aromatic carbocycles. The molecule has 4 heteroatoms. The number of rotatable bonds is 4. The van der Waals surface area contributed by atoms with Crippen molar-refractivity contribution in [1.82, 2.24) is 9.97 Å². The average molecular weight is 878 g/mol. The third-order valence-corrected chi connectivity index (χ3v) is 8.60. The average Bonchev–Trinajstić information content (AvgIpc) is 3.66. The maximum Gasteiger partial charge on any atom is 0.129 e. The Morgan fingerprint density at radius 2 is 1.58 bits per heavy atom. The first kappa shape index (κ1) is 23.3. The van der Waals surface area contributed by atoms with E-state index in [0.717, 1.165) is 43.7 Å². The van der Waals surface area contributed by atoms with Gasteiger partial charge in [-0.3, -0.25) is 0 Å². The zero-order valence-electron chi connectivity index (χ0n) is 42.0. The summed E-state index contributed by atoms with van der Waals surface area (Å²) < 4.78 is 110. The Balaban J connectivity index is 0.000000195. The maximum atomic E-state index is 8.70. The molecule has 0 bridgehead atoms. The zero-order chi connectivity index (χ0) is 47.0. The van der Waals surface area contributed by atoms with Gasteiger partial charge in [-0.25, -0.2) is 0 Å². The SMILES string of the molecule is [2H]C([2H])(c1ccnc(-c2[c-]ccc3c2oc2c3ccc3ccc4ccccc4c32)c1)C(C)(C)C.[2H]c1c([2H])c([2H])c(-c2cc(-c3ccc(C([2H])([2H])[2H])cn3)[c-]cc2C([2H])([2H])[2H])c([2H])c1[2H].[Ir]. The Bertz CT molecular complexity index is 3290. The van der Waals surface area contributed by atoms with Crippen molar-refractivity contribution in [1.29, 1.82) is 0 Å². The van der Waals surface area contributed by atoms with Gasteiger partial charge in [0.15, 0.2) is 0 Å². The third-order valence-electron chi connectivity index (χ3n) is 8.60. The Morgan fingerprint density at radius 3 is 2.38 bits per heavy atom. The number of furan rings is 1. The van der Waals surface area contributed by atoms with Crippen LogP contribution in [-0.4, -0.2) is 9.97 Å². The summed E-state index contributed by atoms with van der Waals surface area (Å²) in [5.74, 6) is 0. The summed E-state index contributed by atoms with van der Waals surface area (Å²) in [6.45, 7) is 0.766. The Morgan fingerprint density at radius 1 is 0.774 bits per heavy atom. The minimum Gasteiger partial charge on any atom is -0.500 e. The molecule has 53 heavy (non-hydrogen) atoms. The summed E-state index contributed by atoms with van der Waals surface area (Å²) >= 11 is 0.